The zero-order valence-electron chi connectivity index (χ0n) is 29.0. The molecule has 0 N–H and O–H groups in total. The molecule has 0 amide bonds. The van der Waals surface area contributed by atoms with Crippen molar-refractivity contribution in [3.8, 4) is 45.3 Å². The van der Waals surface area contributed by atoms with Crippen LogP contribution in [0.25, 0.3) is 99.2 Å². The van der Waals surface area contributed by atoms with Gasteiger partial charge in [-0.05, 0) is 101 Å². The van der Waals surface area contributed by atoms with Crippen LogP contribution >= 0.6 is 0 Å². The Morgan fingerprint density at radius 2 is 0.556 bits per heavy atom. The highest BCUT2D eigenvalue weighted by Gasteiger charge is 2.12. The third kappa shape index (κ3) is 5.54. The molecule has 0 atom stereocenters. The third-order valence-electron chi connectivity index (χ3n) is 10.0. The topological polar surface area (TPSA) is 77.3 Å². The van der Waals surface area contributed by atoms with E-state index >= 15 is 0 Å². The predicted molar refractivity (Wildman–Crippen MR) is 220 cm³/mol. The van der Waals surface area contributed by atoms with Crippen molar-refractivity contribution in [2.45, 2.75) is 0 Å². The minimum absolute atomic E-state index is 0.602. The number of aromatic nitrogens is 6. The molecule has 0 spiro atoms. The lowest BCUT2D eigenvalue weighted by Gasteiger charge is -2.12. The molecule has 0 bridgehead atoms. The van der Waals surface area contributed by atoms with Gasteiger partial charge in [-0.1, -0.05) is 109 Å². The first-order chi connectivity index (χ1) is 26.8. The quantitative estimate of drug-likeness (QED) is 0.183. The van der Waals surface area contributed by atoms with Crippen molar-refractivity contribution in [1.82, 2.24) is 29.9 Å². The number of fused-ring (bicyclic) bond motifs is 10. The molecule has 6 heteroatoms. The van der Waals surface area contributed by atoms with E-state index in [1.807, 2.05) is 61.2 Å². The molecule has 0 aliphatic rings. The summed E-state index contributed by atoms with van der Waals surface area (Å²) in [7, 11) is 0. The molecule has 0 fully saturated rings. The van der Waals surface area contributed by atoms with Gasteiger partial charge in [0, 0.05) is 48.3 Å². The van der Waals surface area contributed by atoms with Crippen molar-refractivity contribution >= 4 is 53.9 Å². The highest BCUT2D eigenvalue weighted by Crippen LogP contribution is 2.38. The molecule has 0 radical (unpaired) electrons. The lowest BCUT2D eigenvalue weighted by molar-refractivity contribution is 1.14. The zero-order valence-corrected chi connectivity index (χ0v) is 29.0. The molecule has 6 nitrogen and oxygen atoms in total. The monoisotopic (exact) mass is 690 g/mol. The second-order valence-electron chi connectivity index (χ2n) is 13.2. The summed E-state index contributed by atoms with van der Waals surface area (Å²) in [6.45, 7) is 0. The van der Waals surface area contributed by atoms with Gasteiger partial charge in [0.15, 0.2) is 11.6 Å². The fourth-order valence-corrected chi connectivity index (χ4v) is 7.43. The minimum Gasteiger partial charge on any atom is -0.253 e. The molecule has 4 heterocycles. The maximum absolute atomic E-state index is 4.70. The van der Waals surface area contributed by atoms with E-state index in [4.69, 9.17) is 19.9 Å². The summed E-state index contributed by atoms with van der Waals surface area (Å²) in [6, 6.07) is 51.1. The summed E-state index contributed by atoms with van der Waals surface area (Å²) < 4.78 is 0. The number of hydrogen-bond donors (Lipinski definition) is 0. The lowest BCUT2D eigenvalue weighted by atomic mass is 9.92. The third-order valence-corrected chi connectivity index (χ3v) is 10.0. The van der Waals surface area contributed by atoms with E-state index in [0.717, 1.165) is 87.5 Å². The molecule has 6 aromatic carbocycles. The van der Waals surface area contributed by atoms with Crippen LogP contribution in [0.15, 0.2) is 183 Å². The van der Waals surface area contributed by atoms with Crippen molar-refractivity contribution in [3.63, 3.8) is 0 Å². The van der Waals surface area contributed by atoms with Crippen LogP contribution < -0.4 is 0 Å². The fraction of sp³-hybridized carbons (Fsp3) is 0. The van der Waals surface area contributed by atoms with Crippen LogP contribution in [-0.4, -0.2) is 29.9 Å². The Kier molecular flexibility index (Phi) is 7.69. The van der Waals surface area contributed by atoms with Crippen molar-refractivity contribution in [2.75, 3.05) is 0 Å². The van der Waals surface area contributed by atoms with Crippen molar-refractivity contribution in [2.24, 2.45) is 0 Å². The van der Waals surface area contributed by atoms with Crippen LogP contribution in [0.4, 0.5) is 0 Å². The maximum Gasteiger partial charge on any atom is 0.178 e. The largest absolute Gasteiger partial charge is 0.253 e. The molecule has 54 heavy (non-hydrogen) atoms. The van der Waals surface area contributed by atoms with Crippen molar-refractivity contribution in [3.05, 3.63) is 183 Å². The van der Waals surface area contributed by atoms with Crippen molar-refractivity contribution in [1.29, 1.82) is 0 Å². The van der Waals surface area contributed by atoms with Crippen LogP contribution in [0, 0.1) is 0 Å². The molecule has 10 rings (SSSR count). The van der Waals surface area contributed by atoms with E-state index in [9.17, 15) is 0 Å². The summed E-state index contributed by atoms with van der Waals surface area (Å²) in [4.78, 5) is 27.6. The van der Waals surface area contributed by atoms with E-state index in [-0.39, 0.29) is 0 Å². The van der Waals surface area contributed by atoms with E-state index in [0.29, 0.717) is 11.6 Å². The maximum atomic E-state index is 4.70. The summed E-state index contributed by atoms with van der Waals surface area (Å²) in [5, 5.41) is 11.5. The average Bonchev–Trinajstić information content (AvgIpc) is 3.26. The summed E-state index contributed by atoms with van der Waals surface area (Å²) in [5.41, 5.74) is 5.46. The van der Waals surface area contributed by atoms with Crippen LogP contribution in [0.3, 0.4) is 0 Å². The van der Waals surface area contributed by atoms with Gasteiger partial charge in [0.2, 0.25) is 0 Å². The van der Waals surface area contributed by atoms with E-state index in [1.165, 1.54) is 0 Å². The van der Waals surface area contributed by atoms with Gasteiger partial charge in [-0.25, -0.2) is 19.9 Å². The molecular formula is C48H30N6. The highest BCUT2D eigenvalue weighted by molar-refractivity contribution is 6.26. The molecular weight excluding hydrogens is 661 g/mol. The number of pyridine rings is 2. The predicted octanol–water partition coefficient (Wildman–Crippen LogP) is 11.6. The Hall–Kier alpha value is -7.44. The normalized spacial score (nSPS) is 11.3. The summed E-state index contributed by atoms with van der Waals surface area (Å²) in [5.74, 6) is 1.20. The molecule has 0 unspecified atom stereocenters. The average molecular weight is 691 g/mol. The number of benzene rings is 5. The molecule has 0 aliphatic carbocycles. The van der Waals surface area contributed by atoms with Crippen LogP contribution in [0.2, 0.25) is 0 Å². The Bertz CT molecular complexity index is 2800. The Labute approximate surface area is 310 Å². The van der Waals surface area contributed by atoms with Gasteiger partial charge in [0.25, 0.3) is 0 Å². The first kappa shape index (κ1) is 31.3. The van der Waals surface area contributed by atoms with Crippen molar-refractivity contribution < 1.29 is 0 Å². The van der Waals surface area contributed by atoms with Crippen LogP contribution in [-0.2, 0) is 0 Å². The Morgan fingerprint density at radius 1 is 0.241 bits per heavy atom. The van der Waals surface area contributed by atoms with Gasteiger partial charge in [0.1, 0.15) is 11.4 Å². The second-order valence-corrected chi connectivity index (χ2v) is 13.2. The first-order valence-corrected chi connectivity index (χ1v) is 17.8. The van der Waals surface area contributed by atoms with E-state index in [1.54, 1.807) is 12.4 Å². The Morgan fingerprint density at radius 3 is 0.889 bits per heavy atom. The summed E-state index contributed by atoms with van der Waals surface area (Å²) in [6.07, 6.45) is 11.1. The molecule has 0 aliphatic heterocycles. The first-order valence-electron chi connectivity index (χ1n) is 17.8. The van der Waals surface area contributed by atoms with Gasteiger partial charge in [-0.15, -0.1) is 0 Å². The van der Waals surface area contributed by atoms with Crippen LogP contribution in [0.5, 0.6) is 0 Å². The fourth-order valence-electron chi connectivity index (χ4n) is 7.43. The number of nitrogens with zero attached hydrogens (tertiary/aromatic N) is 6. The van der Waals surface area contributed by atoms with E-state index in [2.05, 4.69) is 119 Å². The van der Waals surface area contributed by atoms with Gasteiger partial charge in [-0.3, -0.25) is 9.97 Å². The SMILES string of the molecule is c1ccc(-c2ncc(-c3ccc4c5ccccc5c5ccc(-c6cnc(-c7ccccn7)nc6)cc5c5ccccc5c5ccccc5c4c3)cn2)nc1. The standard InChI is InChI=1S/C48H30N6/c1-2-14-38-37(13-1)41-21-19-31(33-27-51-47(52-28-33)45-17-7-9-23-49-45)25-43(41)39-15-5-3-11-35(39)36-12-4-6-16-40(36)44-26-32(20-22-42(38)44)34-29-53-48(54-30-34)46-18-8-10-24-50-46/h1-30H. The molecule has 0 saturated carbocycles. The number of rotatable bonds is 4. The Balaban J connectivity index is 1.25. The highest BCUT2D eigenvalue weighted by atomic mass is 14.9. The summed E-state index contributed by atoms with van der Waals surface area (Å²) >= 11 is 0. The smallest absolute Gasteiger partial charge is 0.178 e. The minimum atomic E-state index is 0.602. The van der Waals surface area contributed by atoms with Gasteiger partial charge in [-0.2, -0.15) is 0 Å². The van der Waals surface area contributed by atoms with Crippen LogP contribution in [0.1, 0.15) is 0 Å². The van der Waals surface area contributed by atoms with Gasteiger partial charge >= 0.3 is 0 Å². The lowest BCUT2D eigenvalue weighted by Crippen LogP contribution is -1.92. The van der Waals surface area contributed by atoms with Gasteiger partial charge < -0.3 is 0 Å². The molecule has 10 aromatic rings. The molecule has 0 saturated heterocycles. The zero-order chi connectivity index (χ0) is 35.8. The number of hydrogen-bond acceptors (Lipinski definition) is 6. The molecule has 4 aromatic heterocycles. The second kappa shape index (κ2) is 13.3. The molecule has 252 valence electrons. The van der Waals surface area contributed by atoms with Gasteiger partial charge in [0.05, 0.1) is 0 Å². The van der Waals surface area contributed by atoms with E-state index < -0.39 is 0 Å².